The number of phenolic OH excluding ortho intramolecular Hbond substituents is 1. The van der Waals surface area contributed by atoms with E-state index in [0.717, 1.165) is 86.8 Å². The zero-order chi connectivity index (χ0) is 45.1. The van der Waals surface area contributed by atoms with Crippen LogP contribution in [0.4, 0.5) is 0 Å². The second kappa shape index (κ2) is 16.6. The van der Waals surface area contributed by atoms with Crippen molar-refractivity contribution in [1.82, 2.24) is 0 Å². The number of phenols is 1. The Morgan fingerprint density at radius 2 is 0.867 bits per heavy atom. The number of hydrogen-bond acceptors (Lipinski definition) is 4. The minimum atomic E-state index is -2.03. The minimum absolute atomic E-state index is 0.0550. The summed E-state index contributed by atoms with van der Waals surface area (Å²) in [4.78, 5) is 0. The molecule has 1 heterocycles. The summed E-state index contributed by atoms with van der Waals surface area (Å²) in [7, 11) is -2.03. The maximum atomic E-state index is 11.8. The highest BCUT2D eigenvalue weighted by atomic mass is 31.1. The predicted molar refractivity (Wildman–Crippen MR) is 260 cm³/mol. The molecule has 0 bridgehead atoms. The molecule has 1 N–H and O–H groups in total. The molecule has 60 heavy (non-hydrogen) atoms. The normalized spacial score (nSPS) is 13.4. The Bertz CT molecular complexity index is 2330. The Morgan fingerprint density at radius 1 is 0.483 bits per heavy atom. The predicted octanol–water partition coefficient (Wildman–Crippen LogP) is 17.4. The number of aromatic hydroxyl groups is 1. The van der Waals surface area contributed by atoms with Gasteiger partial charge in [-0.15, -0.1) is 0 Å². The fraction of sp³-hybridized carbons (Fsp3) is 0.564. The van der Waals surface area contributed by atoms with Crippen LogP contribution in [0.25, 0.3) is 21.9 Å². The molecule has 5 aromatic rings. The first-order valence-corrected chi connectivity index (χ1v) is 23.8. The van der Waals surface area contributed by atoms with Crippen molar-refractivity contribution in [3.8, 4) is 11.5 Å². The van der Waals surface area contributed by atoms with Gasteiger partial charge in [0.1, 0.15) is 22.7 Å². The van der Waals surface area contributed by atoms with Crippen LogP contribution in [0, 0.1) is 13.8 Å². The van der Waals surface area contributed by atoms with E-state index < -0.39 is 8.24 Å². The second-order valence-corrected chi connectivity index (χ2v) is 23.5. The number of hydrogen-bond donors (Lipinski definition) is 1. The Hall–Kier alpha value is -3.62. The Balaban J connectivity index is 2.02. The molecule has 0 spiro atoms. The molecular weight excluding hydrogens is 756 g/mol. The van der Waals surface area contributed by atoms with E-state index in [2.05, 4.69) is 187 Å². The first kappa shape index (κ1) is 47.4. The van der Waals surface area contributed by atoms with Crippen LogP contribution in [0.15, 0.2) is 56.9 Å². The van der Waals surface area contributed by atoms with Gasteiger partial charge >= 0.3 is 8.24 Å². The fourth-order valence-corrected chi connectivity index (χ4v) is 9.29. The van der Waals surface area contributed by atoms with E-state index in [1.807, 2.05) is 0 Å². The average Bonchev–Trinajstić information content (AvgIpc) is 3.31. The van der Waals surface area contributed by atoms with Crippen molar-refractivity contribution < 1.29 is 18.0 Å². The van der Waals surface area contributed by atoms with Crippen molar-refractivity contribution in [1.29, 1.82) is 0 Å². The Morgan fingerprint density at radius 3 is 1.25 bits per heavy atom. The summed E-state index contributed by atoms with van der Waals surface area (Å²) in [6.07, 6.45) is 4.40. The van der Waals surface area contributed by atoms with E-state index in [1.165, 1.54) is 22.3 Å². The number of benzene rings is 4. The standard InChI is InChI=1S/C55H79O4P/c1-21-52(13,14)38-30-40-41-31-39(53(15,16)22-2)33-45(55(19,20)24-4)49(41)59-60(58-48(40)44(32-38)54(17,18)23-3)57-47-37(26-35(6)28-43(47)51(10,11)12)29-36-25-34(5)27-42(46(36)56)50(7,8)9/h25-28,30-33,56H,21-24,29H2,1-20H3. The molecule has 4 aromatic carbocycles. The molecule has 0 saturated heterocycles. The van der Waals surface area contributed by atoms with Gasteiger partial charge in [-0.05, 0) is 106 Å². The van der Waals surface area contributed by atoms with Crippen molar-refractivity contribution in [2.24, 2.45) is 0 Å². The van der Waals surface area contributed by atoms with Crippen LogP contribution in [0.3, 0.4) is 0 Å². The minimum Gasteiger partial charge on any atom is -0.507 e. The van der Waals surface area contributed by atoms with Crippen LogP contribution in [0.1, 0.15) is 206 Å². The van der Waals surface area contributed by atoms with E-state index >= 15 is 0 Å². The summed E-state index contributed by atoms with van der Waals surface area (Å²) < 4.78 is 22.2. The van der Waals surface area contributed by atoms with Gasteiger partial charge in [0.15, 0.2) is 0 Å². The topological polar surface area (TPSA) is 55.7 Å². The third kappa shape index (κ3) is 9.40. The van der Waals surface area contributed by atoms with Crippen molar-refractivity contribution in [2.75, 3.05) is 0 Å². The zero-order valence-corrected chi connectivity index (χ0v) is 42.2. The lowest BCUT2D eigenvalue weighted by Crippen LogP contribution is -2.21. The molecule has 328 valence electrons. The molecule has 1 aromatic heterocycles. The van der Waals surface area contributed by atoms with Crippen LogP contribution in [-0.2, 0) is 38.9 Å². The molecule has 0 unspecified atom stereocenters. The van der Waals surface area contributed by atoms with Gasteiger partial charge in [0, 0.05) is 39.4 Å². The highest BCUT2D eigenvalue weighted by Gasteiger charge is 2.33. The molecule has 0 amide bonds. The monoisotopic (exact) mass is 835 g/mol. The van der Waals surface area contributed by atoms with E-state index in [1.54, 1.807) is 0 Å². The van der Waals surface area contributed by atoms with Gasteiger partial charge in [-0.2, -0.15) is 0 Å². The fourth-order valence-electron chi connectivity index (χ4n) is 8.12. The highest BCUT2D eigenvalue weighted by Crippen LogP contribution is 2.50. The zero-order valence-electron chi connectivity index (χ0n) is 41.3. The second-order valence-electron chi connectivity index (χ2n) is 22.5. The summed E-state index contributed by atoms with van der Waals surface area (Å²) in [6.45, 7) is 45.3. The molecule has 0 aliphatic rings. The van der Waals surface area contributed by atoms with Crippen molar-refractivity contribution in [3.63, 3.8) is 0 Å². The van der Waals surface area contributed by atoms with Gasteiger partial charge in [0.05, 0.1) is 0 Å². The number of fused-ring (bicyclic) bond motifs is 3. The van der Waals surface area contributed by atoms with Crippen LogP contribution in [0.2, 0.25) is 0 Å². The van der Waals surface area contributed by atoms with Gasteiger partial charge in [0.2, 0.25) is 0 Å². The molecule has 5 heteroatoms. The molecule has 0 atom stereocenters. The summed E-state index contributed by atoms with van der Waals surface area (Å²) in [6, 6.07) is 18.3. The summed E-state index contributed by atoms with van der Waals surface area (Å²) in [5, 5.41) is 14.0. The first-order valence-electron chi connectivity index (χ1n) is 22.7. The van der Waals surface area contributed by atoms with Gasteiger partial charge in [-0.1, -0.05) is 172 Å². The quantitative estimate of drug-likeness (QED) is 0.136. The third-order valence-electron chi connectivity index (χ3n) is 14.2. The smallest absolute Gasteiger partial charge is 0.453 e. The van der Waals surface area contributed by atoms with Gasteiger partial charge in [-0.3, -0.25) is 0 Å². The summed E-state index contributed by atoms with van der Waals surface area (Å²) in [5.74, 6) is 1.12. The van der Waals surface area contributed by atoms with Crippen molar-refractivity contribution in [3.05, 3.63) is 104 Å². The van der Waals surface area contributed by atoms with Crippen LogP contribution in [-0.4, -0.2) is 5.11 Å². The van der Waals surface area contributed by atoms with Gasteiger partial charge < -0.3 is 18.0 Å². The molecule has 0 radical (unpaired) electrons. The molecule has 0 saturated carbocycles. The SMILES string of the molecule is CCC(C)(C)c1cc(C(C)(C)CC)c2op(Oc3c(Cc4cc(C)cc(C(C)(C)C)c4O)cc(C)cc3C(C)(C)C)oc3c(C(C)(C)CC)cc(C(C)(C)CC)cc3c2c1. The van der Waals surface area contributed by atoms with E-state index in [4.69, 9.17) is 12.9 Å². The lowest BCUT2D eigenvalue weighted by atomic mass is 9.74. The lowest BCUT2D eigenvalue weighted by Gasteiger charge is -2.30. The van der Waals surface area contributed by atoms with Gasteiger partial charge in [-0.25, -0.2) is 0 Å². The van der Waals surface area contributed by atoms with E-state index in [9.17, 15) is 5.11 Å². The highest BCUT2D eigenvalue weighted by molar-refractivity contribution is 7.32. The van der Waals surface area contributed by atoms with Crippen LogP contribution < -0.4 is 4.52 Å². The summed E-state index contributed by atoms with van der Waals surface area (Å²) >= 11 is 0. The molecule has 0 aliphatic heterocycles. The third-order valence-corrected chi connectivity index (χ3v) is 15.2. The Labute approximate surface area is 365 Å². The number of aryl methyl sites for hydroxylation is 2. The largest absolute Gasteiger partial charge is 0.507 e. The Kier molecular flexibility index (Phi) is 13.1. The van der Waals surface area contributed by atoms with Crippen molar-refractivity contribution >= 4 is 30.2 Å². The number of rotatable bonds is 12. The molecular formula is C55H79O4P. The molecule has 0 aliphatic carbocycles. The maximum absolute atomic E-state index is 11.8. The molecule has 5 rings (SSSR count). The van der Waals surface area contributed by atoms with Crippen LogP contribution >= 0.6 is 8.24 Å². The van der Waals surface area contributed by atoms with Gasteiger partial charge in [0.25, 0.3) is 0 Å². The summed E-state index contributed by atoms with van der Waals surface area (Å²) in [5.41, 5.74) is 11.9. The molecule has 4 nitrogen and oxygen atoms in total. The average molecular weight is 835 g/mol. The van der Waals surface area contributed by atoms with Crippen molar-refractivity contribution in [2.45, 2.75) is 203 Å². The maximum Gasteiger partial charge on any atom is 0.453 e. The van der Waals surface area contributed by atoms with E-state index in [0.29, 0.717) is 12.2 Å². The molecule has 0 fully saturated rings. The lowest BCUT2D eigenvalue weighted by molar-refractivity contribution is 0.440. The van der Waals surface area contributed by atoms with Crippen LogP contribution in [0.5, 0.6) is 11.5 Å². The first-order chi connectivity index (χ1) is 27.5. The van der Waals surface area contributed by atoms with E-state index in [-0.39, 0.29) is 32.5 Å².